The lowest BCUT2D eigenvalue weighted by atomic mass is 10.1. The van der Waals surface area contributed by atoms with E-state index in [1.807, 2.05) is 0 Å². The molecule has 9 heteroatoms. The van der Waals surface area contributed by atoms with Gasteiger partial charge in [0.25, 0.3) is 6.02 Å². The third-order valence-electron chi connectivity index (χ3n) is 3.12. The second-order valence-corrected chi connectivity index (χ2v) is 5.38. The Morgan fingerprint density at radius 2 is 1.88 bits per heavy atom. The first-order valence-electron chi connectivity index (χ1n) is 6.96. The first kappa shape index (κ1) is 18.9. The van der Waals surface area contributed by atoms with Gasteiger partial charge < -0.3 is 15.2 Å². The van der Waals surface area contributed by atoms with Crippen molar-refractivity contribution in [3.05, 3.63) is 58.4 Å². The van der Waals surface area contributed by atoms with E-state index in [2.05, 4.69) is 0 Å². The van der Waals surface area contributed by atoms with Gasteiger partial charge in [-0.15, -0.1) is 0 Å². The number of nitrogens with one attached hydrogen (secondary N) is 1. The minimum Gasteiger partial charge on any atom is -0.465 e. The largest absolute Gasteiger partial charge is 0.465 e. The zero-order chi connectivity index (χ0) is 18.6. The first-order chi connectivity index (χ1) is 11.7. The van der Waals surface area contributed by atoms with Gasteiger partial charge in [0.1, 0.15) is 5.75 Å². The van der Waals surface area contributed by atoms with Gasteiger partial charge in [0.15, 0.2) is 11.6 Å². The Morgan fingerprint density at radius 1 is 1.16 bits per heavy atom. The molecule has 0 aliphatic heterocycles. The quantitative estimate of drug-likeness (QED) is 0.450. The number of ether oxygens (including phenoxy) is 2. The fraction of sp³-hybridized carbons (Fsp3) is 0.188. The summed E-state index contributed by atoms with van der Waals surface area (Å²) in [4.78, 5) is 0. The number of alkyl halides is 3. The molecule has 134 valence electrons. The van der Waals surface area contributed by atoms with Crippen LogP contribution in [0.4, 0.5) is 17.6 Å². The predicted octanol–water partition coefficient (Wildman–Crippen LogP) is 4.74. The smallest absolute Gasteiger partial charge is 0.417 e. The summed E-state index contributed by atoms with van der Waals surface area (Å²) < 4.78 is 62.5. The van der Waals surface area contributed by atoms with E-state index in [1.54, 1.807) is 0 Å². The fourth-order valence-electron chi connectivity index (χ4n) is 1.97. The van der Waals surface area contributed by atoms with E-state index in [4.69, 9.17) is 32.2 Å². The zero-order valence-electron chi connectivity index (χ0n) is 12.7. The molecule has 0 unspecified atom stereocenters. The van der Waals surface area contributed by atoms with Crippen LogP contribution in [0.5, 0.6) is 11.5 Å². The molecule has 0 saturated heterocycles. The standard InChI is InChI=1S/C16H13ClF4N2O2/c17-12-3-2-10(8-11(12)16(19,20)21)25-14-4-1-9(7-13(14)18)5-6-24-15(22)23/h1-4,7-8H,5-6H2,(H3,22,23). The highest BCUT2D eigenvalue weighted by atomic mass is 35.5. The monoisotopic (exact) mass is 376 g/mol. The van der Waals surface area contributed by atoms with E-state index in [0.717, 1.165) is 6.07 Å². The molecule has 4 nitrogen and oxygen atoms in total. The molecule has 0 aliphatic carbocycles. The number of hydrogen-bond donors (Lipinski definition) is 2. The van der Waals surface area contributed by atoms with Gasteiger partial charge in [0, 0.05) is 6.42 Å². The van der Waals surface area contributed by atoms with Gasteiger partial charge in [0.2, 0.25) is 0 Å². The molecule has 0 fully saturated rings. The van der Waals surface area contributed by atoms with Crippen LogP contribution in [0.25, 0.3) is 0 Å². The topological polar surface area (TPSA) is 68.3 Å². The number of halogens is 5. The van der Waals surface area contributed by atoms with Gasteiger partial charge in [-0.25, -0.2) is 4.39 Å². The summed E-state index contributed by atoms with van der Waals surface area (Å²) in [7, 11) is 0. The summed E-state index contributed by atoms with van der Waals surface area (Å²) in [6.45, 7) is 0.0983. The molecule has 2 aromatic rings. The van der Waals surface area contributed by atoms with Gasteiger partial charge in [-0.3, -0.25) is 5.41 Å². The number of benzene rings is 2. The van der Waals surface area contributed by atoms with Crippen molar-refractivity contribution in [2.24, 2.45) is 5.73 Å². The van der Waals surface area contributed by atoms with Crippen LogP contribution in [0.2, 0.25) is 5.02 Å². The molecule has 0 aliphatic rings. The molecule has 2 aromatic carbocycles. The van der Waals surface area contributed by atoms with Gasteiger partial charge in [-0.1, -0.05) is 17.7 Å². The Balaban J connectivity index is 2.14. The molecular formula is C16H13ClF4N2O2. The number of rotatable bonds is 5. The maximum atomic E-state index is 14.1. The average molecular weight is 377 g/mol. The maximum Gasteiger partial charge on any atom is 0.417 e. The van der Waals surface area contributed by atoms with E-state index in [0.29, 0.717) is 18.1 Å². The van der Waals surface area contributed by atoms with Crippen molar-refractivity contribution in [3.63, 3.8) is 0 Å². The lowest BCUT2D eigenvalue weighted by Gasteiger charge is -2.12. The second-order valence-electron chi connectivity index (χ2n) is 4.97. The van der Waals surface area contributed by atoms with E-state index >= 15 is 0 Å². The number of amidine groups is 1. The summed E-state index contributed by atoms with van der Waals surface area (Å²) in [5.74, 6) is -1.17. The third kappa shape index (κ3) is 5.25. The molecule has 0 aromatic heterocycles. The van der Waals surface area contributed by atoms with Crippen LogP contribution in [0.15, 0.2) is 36.4 Å². The Morgan fingerprint density at radius 3 is 2.48 bits per heavy atom. The highest BCUT2D eigenvalue weighted by Gasteiger charge is 2.33. The molecule has 0 atom stereocenters. The molecule has 3 N–H and O–H groups in total. The molecular weight excluding hydrogens is 364 g/mol. The molecule has 2 rings (SSSR count). The van der Waals surface area contributed by atoms with Crippen LogP contribution in [-0.4, -0.2) is 12.6 Å². The van der Waals surface area contributed by atoms with E-state index < -0.39 is 28.6 Å². The Labute approximate surface area is 145 Å². The number of hydrogen-bond acceptors (Lipinski definition) is 3. The van der Waals surface area contributed by atoms with Gasteiger partial charge in [0.05, 0.1) is 17.2 Å². The predicted molar refractivity (Wildman–Crippen MR) is 84.5 cm³/mol. The fourth-order valence-corrected chi connectivity index (χ4v) is 2.20. The van der Waals surface area contributed by atoms with Crippen LogP contribution in [-0.2, 0) is 17.3 Å². The lowest BCUT2D eigenvalue weighted by molar-refractivity contribution is -0.137. The molecule has 0 amide bonds. The third-order valence-corrected chi connectivity index (χ3v) is 3.45. The molecule has 0 radical (unpaired) electrons. The highest BCUT2D eigenvalue weighted by Crippen LogP contribution is 2.38. The molecule has 0 heterocycles. The minimum atomic E-state index is -4.64. The highest BCUT2D eigenvalue weighted by molar-refractivity contribution is 6.31. The van der Waals surface area contributed by atoms with E-state index in [9.17, 15) is 17.6 Å². The van der Waals surface area contributed by atoms with Crippen molar-refractivity contribution in [1.82, 2.24) is 0 Å². The van der Waals surface area contributed by atoms with Crippen molar-refractivity contribution in [2.75, 3.05) is 6.61 Å². The summed E-state index contributed by atoms with van der Waals surface area (Å²) in [5, 5.41) is 6.44. The van der Waals surface area contributed by atoms with Crippen LogP contribution in [0, 0.1) is 11.2 Å². The van der Waals surface area contributed by atoms with E-state index in [1.165, 1.54) is 24.3 Å². The molecule has 0 saturated carbocycles. The van der Waals surface area contributed by atoms with Gasteiger partial charge >= 0.3 is 6.18 Å². The average Bonchev–Trinajstić information content (AvgIpc) is 2.50. The maximum absolute atomic E-state index is 14.1. The van der Waals surface area contributed by atoms with Crippen LogP contribution in [0.3, 0.4) is 0 Å². The van der Waals surface area contributed by atoms with Crippen molar-refractivity contribution in [1.29, 1.82) is 5.41 Å². The molecule has 0 bridgehead atoms. The molecule has 0 spiro atoms. The molecule has 25 heavy (non-hydrogen) atoms. The van der Waals surface area contributed by atoms with E-state index in [-0.39, 0.29) is 18.1 Å². The summed E-state index contributed by atoms with van der Waals surface area (Å²) in [6.07, 6.45) is -4.34. The van der Waals surface area contributed by atoms with Gasteiger partial charge in [-0.05, 0) is 35.9 Å². The Kier molecular flexibility index (Phi) is 5.73. The van der Waals surface area contributed by atoms with Crippen molar-refractivity contribution < 1.29 is 27.0 Å². The SMILES string of the molecule is N=C(N)OCCc1ccc(Oc2ccc(Cl)c(C(F)(F)F)c2)c(F)c1. The second kappa shape index (κ2) is 7.60. The van der Waals surface area contributed by atoms with Crippen LogP contribution >= 0.6 is 11.6 Å². The summed E-state index contributed by atoms with van der Waals surface area (Å²) >= 11 is 5.52. The van der Waals surface area contributed by atoms with Crippen LogP contribution < -0.4 is 10.5 Å². The Bertz CT molecular complexity index is 781. The first-order valence-corrected chi connectivity index (χ1v) is 7.34. The van der Waals surface area contributed by atoms with Crippen LogP contribution in [0.1, 0.15) is 11.1 Å². The van der Waals surface area contributed by atoms with Crippen molar-refractivity contribution in [3.8, 4) is 11.5 Å². The summed E-state index contributed by atoms with van der Waals surface area (Å²) in [6, 6.07) is 6.50. The lowest BCUT2D eigenvalue weighted by Crippen LogP contribution is -2.15. The summed E-state index contributed by atoms with van der Waals surface area (Å²) in [5.41, 5.74) is 4.52. The zero-order valence-corrected chi connectivity index (χ0v) is 13.4. The van der Waals surface area contributed by atoms with Crippen molar-refractivity contribution in [2.45, 2.75) is 12.6 Å². The van der Waals surface area contributed by atoms with Gasteiger partial charge in [-0.2, -0.15) is 13.2 Å². The minimum absolute atomic E-state index is 0.0983. The van der Waals surface area contributed by atoms with Crippen molar-refractivity contribution >= 4 is 17.6 Å². The Hall–Kier alpha value is -2.48. The normalized spacial score (nSPS) is 11.2. The number of nitrogens with two attached hydrogens (primary N) is 1.